The molecule has 0 aliphatic heterocycles. The molecule has 0 fully saturated rings. The van der Waals surface area contributed by atoms with E-state index in [2.05, 4.69) is 5.32 Å². The van der Waals surface area contributed by atoms with Gasteiger partial charge in [0, 0.05) is 5.69 Å². The van der Waals surface area contributed by atoms with E-state index in [1.165, 1.54) is 12.1 Å². The summed E-state index contributed by atoms with van der Waals surface area (Å²) in [6, 6.07) is 4.01. The summed E-state index contributed by atoms with van der Waals surface area (Å²) < 4.78 is 13.1. The highest BCUT2D eigenvalue weighted by molar-refractivity contribution is 6.30. The number of amides is 1. The van der Waals surface area contributed by atoms with Crippen molar-refractivity contribution in [2.24, 2.45) is 5.92 Å². The molecule has 3 nitrogen and oxygen atoms in total. The number of carbonyl (C=O) groups is 1. The molecule has 0 aliphatic rings. The molecule has 0 radical (unpaired) electrons. The number of hydrogen-bond donors (Lipinski definition) is 2. The molecular formula is C12H15ClFNO2. The van der Waals surface area contributed by atoms with E-state index in [1.807, 2.05) is 13.8 Å². The summed E-state index contributed by atoms with van der Waals surface area (Å²) in [7, 11) is 0. The minimum Gasteiger partial charge on any atom is -0.392 e. The quantitative estimate of drug-likeness (QED) is 0.874. The first-order chi connectivity index (χ1) is 7.90. The summed E-state index contributed by atoms with van der Waals surface area (Å²) in [6.07, 6.45) is -0.714. The zero-order valence-electron chi connectivity index (χ0n) is 9.71. The Hall–Kier alpha value is -1.13. The molecular weight excluding hydrogens is 245 g/mol. The summed E-state index contributed by atoms with van der Waals surface area (Å²) in [5.41, 5.74) is 0.327. The van der Waals surface area contributed by atoms with Crippen molar-refractivity contribution in [3.8, 4) is 0 Å². The van der Waals surface area contributed by atoms with E-state index in [1.54, 1.807) is 0 Å². The molecule has 0 heterocycles. The first-order valence-corrected chi connectivity index (χ1v) is 5.71. The van der Waals surface area contributed by atoms with Gasteiger partial charge in [-0.1, -0.05) is 25.4 Å². The van der Waals surface area contributed by atoms with Crippen LogP contribution in [0, 0.1) is 11.7 Å². The van der Waals surface area contributed by atoms with Gasteiger partial charge < -0.3 is 10.4 Å². The van der Waals surface area contributed by atoms with Crippen LogP contribution in [0.2, 0.25) is 5.02 Å². The number of aliphatic hydroxyl groups excluding tert-OH is 1. The largest absolute Gasteiger partial charge is 0.392 e. The van der Waals surface area contributed by atoms with Crippen LogP contribution in [0.25, 0.3) is 0 Å². The zero-order chi connectivity index (χ0) is 13.0. The van der Waals surface area contributed by atoms with E-state index in [4.69, 9.17) is 11.6 Å². The second kappa shape index (κ2) is 5.98. The molecule has 0 saturated carbocycles. The van der Waals surface area contributed by atoms with Crippen molar-refractivity contribution >= 4 is 23.2 Å². The topological polar surface area (TPSA) is 49.3 Å². The van der Waals surface area contributed by atoms with Crippen LogP contribution >= 0.6 is 11.6 Å². The summed E-state index contributed by atoms with van der Waals surface area (Å²) >= 11 is 5.52. The average Bonchev–Trinajstić information content (AvgIpc) is 2.23. The summed E-state index contributed by atoms with van der Waals surface area (Å²) in [5.74, 6) is -0.940. The van der Waals surface area contributed by atoms with Gasteiger partial charge in [0.1, 0.15) is 5.82 Å². The lowest BCUT2D eigenvalue weighted by molar-refractivity contribution is -0.118. The normalized spacial score (nSPS) is 12.6. The smallest absolute Gasteiger partial charge is 0.226 e. The van der Waals surface area contributed by atoms with Crippen molar-refractivity contribution in [2.75, 3.05) is 5.32 Å². The van der Waals surface area contributed by atoms with E-state index in [0.29, 0.717) is 5.69 Å². The molecule has 17 heavy (non-hydrogen) atoms. The third kappa shape index (κ3) is 4.32. The molecule has 0 bridgehead atoms. The van der Waals surface area contributed by atoms with E-state index in [0.717, 1.165) is 6.07 Å². The fourth-order valence-corrected chi connectivity index (χ4v) is 1.33. The molecule has 0 aromatic heterocycles. The number of anilines is 1. The second-order valence-electron chi connectivity index (χ2n) is 4.19. The molecule has 1 atom stereocenters. The summed E-state index contributed by atoms with van der Waals surface area (Å²) in [4.78, 5) is 11.5. The van der Waals surface area contributed by atoms with Gasteiger partial charge in [0.05, 0.1) is 17.5 Å². The number of benzene rings is 1. The molecule has 1 unspecified atom stereocenters. The first kappa shape index (κ1) is 13.9. The molecule has 0 spiro atoms. The highest BCUT2D eigenvalue weighted by Crippen LogP contribution is 2.19. The predicted octanol–water partition coefficient (Wildman–Crippen LogP) is 2.82. The number of nitrogens with one attached hydrogen (secondary N) is 1. The Balaban J connectivity index is 2.59. The Labute approximate surface area is 105 Å². The second-order valence-corrected chi connectivity index (χ2v) is 4.60. The van der Waals surface area contributed by atoms with E-state index in [-0.39, 0.29) is 23.3 Å². The van der Waals surface area contributed by atoms with Gasteiger partial charge in [-0.2, -0.15) is 0 Å². The Morgan fingerprint density at radius 1 is 1.53 bits per heavy atom. The maximum atomic E-state index is 13.1. The Bertz CT molecular complexity index is 409. The van der Waals surface area contributed by atoms with Gasteiger partial charge in [-0.25, -0.2) is 4.39 Å². The maximum absolute atomic E-state index is 13.1. The third-order valence-corrected chi connectivity index (χ3v) is 2.67. The maximum Gasteiger partial charge on any atom is 0.226 e. The van der Waals surface area contributed by atoms with Crippen LogP contribution in [0.15, 0.2) is 18.2 Å². The number of halogens is 2. The van der Waals surface area contributed by atoms with Crippen molar-refractivity contribution < 1.29 is 14.3 Å². The molecule has 0 saturated heterocycles. The number of hydrogen-bond acceptors (Lipinski definition) is 2. The molecule has 1 rings (SSSR count). The van der Waals surface area contributed by atoms with Crippen molar-refractivity contribution in [3.63, 3.8) is 0 Å². The van der Waals surface area contributed by atoms with Crippen LogP contribution in [0.5, 0.6) is 0 Å². The Morgan fingerprint density at radius 2 is 2.18 bits per heavy atom. The molecule has 1 aromatic rings. The van der Waals surface area contributed by atoms with Gasteiger partial charge in [0.2, 0.25) is 5.91 Å². The van der Waals surface area contributed by atoms with E-state index < -0.39 is 11.9 Å². The number of aliphatic hydroxyl groups is 1. The van der Waals surface area contributed by atoms with Crippen LogP contribution in [0.4, 0.5) is 10.1 Å². The zero-order valence-corrected chi connectivity index (χ0v) is 10.5. The van der Waals surface area contributed by atoms with Gasteiger partial charge in [-0.3, -0.25) is 4.79 Å². The first-order valence-electron chi connectivity index (χ1n) is 5.33. The van der Waals surface area contributed by atoms with Crippen molar-refractivity contribution in [2.45, 2.75) is 26.4 Å². The highest BCUT2D eigenvalue weighted by Gasteiger charge is 2.14. The summed E-state index contributed by atoms with van der Waals surface area (Å²) in [6.45, 7) is 3.64. The molecule has 5 heteroatoms. The Kier molecular flexibility index (Phi) is 4.90. The van der Waals surface area contributed by atoms with Gasteiger partial charge in [-0.15, -0.1) is 0 Å². The van der Waals surface area contributed by atoms with Gasteiger partial charge in [0.25, 0.3) is 0 Å². The minimum absolute atomic E-state index is 0.00250. The van der Waals surface area contributed by atoms with Crippen molar-refractivity contribution in [1.29, 1.82) is 0 Å². The van der Waals surface area contributed by atoms with Crippen LogP contribution < -0.4 is 5.32 Å². The molecule has 94 valence electrons. The van der Waals surface area contributed by atoms with Crippen molar-refractivity contribution in [1.82, 2.24) is 0 Å². The highest BCUT2D eigenvalue weighted by atomic mass is 35.5. The molecule has 2 N–H and O–H groups in total. The Morgan fingerprint density at radius 3 is 2.71 bits per heavy atom. The monoisotopic (exact) mass is 259 g/mol. The lowest BCUT2D eigenvalue weighted by atomic mass is 10.0. The van der Waals surface area contributed by atoms with E-state index in [9.17, 15) is 14.3 Å². The van der Waals surface area contributed by atoms with E-state index >= 15 is 0 Å². The van der Waals surface area contributed by atoms with Gasteiger partial charge >= 0.3 is 0 Å². The fraction of sp³-hybridized carbons (Fsp3) is 0.417. The lowest BCUT2D eigenvalue weighted by Crippen LogP contribution is -2.23. The molecule has 0 aliphatic carbocycles. The van der Waals surface area contributed by atoms with Gasteiger partial charge in [0.15, 0.2) is 0 Å². The van der Waals surface area contributed by atoms with Crippen LogP contribution in [-0.4, -0.2) is 17.1 Å². The van der Waals surface area contributed by atoms with Gasteiger partial charge in [-0.05, 0) is 24.1 Å². The van der Waals surface area contributed by atoms with Crippen LogP contribution in [-0.2, 0) is 4.79 Å². The minimum atomic E-state index is -0.702. The predicted molar refractivity (Wildman–Crippen MR) is 65.5 cm³/mol. The fourth-order valence-electron chi connectivity index (χ4n) is 1.21. The third-order valence-electron chi connectivity index (χ3n) is 2.37. The average molecular weight is 260 g/mol. The molecule has 1 aromatic carbocycles. The molecule has 1 amide bonds. The standard InChI is InChI=1S/C12H15ClFNO2/c1-7(2)11(16)6-12(17)15-8-3-4-9(13)10(14)5-8/h3-5,7,11,16H,6H2,1-2H3,(H,15,17). The lowest BCUT2D eigenvalue weighted by Gasteiger charge is -2.14. The number of rotatable bonds is 4. The van der Waals surface area contributed by atoms with Crippen molar-refractivity contribution in [3.05, 3.63) is 29.0 Å². The summed E-state index contributed by atoms with van der Waals surface area (Å²) in [5, 5.41) is 12.0. The number of carbonyl (C=O) groups excluding carboxylic acids is 1. The van der Waals surface area contributed by atoms with Crippen LogP contribution in [0.1, 0.15) is 20.3 Å². The SMILES string of the molecule is CC(C)C(O)CC(=O)Nc1ccc(Cl)c(F)c1. The van der Waals surface area contributed by atoms with Crippen LogP contribution in [0.3, 0.4) is 0 Å².